The van der Waals surface area contributed by atoms with Crippen LogP contribution in [0.1, 0.15) is 74.8 Å². The predicted molar refractivity (Wildman–Crippen MR) is 57.4 cm³/mol. The maximum Gasteiger partial charge on any atom is 0.0269 e. The summed E-state index contributed by atoms with van der Waals surface area (Å²) in [5, 5.41) is 0. The molecule has 12 heavy (non-hydrogen) atoms. The van der Waals surface area contributed by atoms with Gasteiger partial charge in [0.2, 0.25) is 0 Å². The minimum absolute atomic E-state index is 0.0191. The smallest absolute Gasteiger partial charge is 0.0269 e. The fourth-order valence-electron chi connectivity index (χ4n) is 1.33. The van der Waals surface area contributed by atoms with E-state index in [0.29, 0.717) is 12.8 Å². The monoisotopic (exact) mass is 172 g/mol. The van der Waals surface area contributed by atoms with E-state index in [-0.39, 0.29) is 6.40 Å². The molecule has 0 nitrogen and oxygen atoms in total. The average Bonchev–Trinajstić information content (AvgIpc) is 2.19. The van der Waals surface area contributed by atoms with E-state index in [1.54, 1.807) is 0 Å². The van der Waals surface area contributed by atoms with Crippen molar-refractivity contribution in [1.82, 2.24) is 0 Å². The molecule has 0 aromatic heterocycles. The van der Waals surface area contributed by atoms with E-state index in [1.807, 2.05) is 0 Å². The van der Waals surface area contributed by atoms with Gasteiger partial charge in [0.1, 0.15) is 0 Å². The summed E-state index contributed by atoms with van der Waals surface area (Å²) in [6, 6.07) is 0. The summed E-state index contributed by atoms with van der Waals surface area (Å²) >= 11 is 0. The van der Waals surface area contributed by atoms with Crippen LogP contribution in [-0.2, 0) is 0 Å². The van der Waals surface area contributed by atoms with Crippen LogP contribution in [0.15, 0.2) is 0 Å². The Morgan fingerprint density at radius 1 is 1.08 bits per heavy atom. The van der Waals surface area contributed by atoms with Crippen molar-refractivity contribution in [2.75, 3.05) is 0 Å². The molecule has 0 aliphatic carbocycles. The highest BCUT2D eigenvalue weighted by Gasteiger charge is 2.00. The van der Waals surface area contributed by atoms with Crippen molar-refractivity contribution in [1.29, 1.82) is 0 Å². The first-order valence-electron chi connectivity index (χ1n) is 6.76. The molecule has 0 saturated carbocycles. The molecule has 0 aromatic rings. The molecule has 0 radical (unpaired) electrons. The van der Waals surface area contributed by atoms with Gasteiger partial charge in [-0.3, -0.25) is 0 Å². The molecule has 2 atom stereocenters. The van der Waals surface area contributed by atoms with Crippen molar-refractivity contribution >= 4 is 0 Å². The third kappa shape index (κ3) is 8.10. The Balaban J connectivity index is 3.61. The van der Waals surface area contributed by atoms with Crippen molar-refractivity contribution in [3.05, 3.63) is 0 Å². The standard InChI is InChI=1S/C12H26/c1-4-6-8-9-11-12(3)10-7-5-2/h12H,4-11H2,1-3H3/i3D,11D. The van der Waals surface area contributed by atoms with Crippen molar-refractivity contribution in [2.24, 2.45) is 5.92 Å². The van der Waals surface area contributed by atoms with Crippen LogP contribution in [0.4, 0.5) is 0 Å². The Kier molecular flexibility index (Phi) is 6.51. The van der Waals surface area contributed by atoms with Crippen LogP contribution >= 0.6 is 0 Å². The fraction of sp³-hybridized carbons (Fsp3) is 1.00. The van der Waals surface area contributed by atoms with Gasteiger partial charge in [0.25, 0.3) is 0 Å². The fourth-order valence-corrected chi connectivity index (χ4v) is 1.33. The van der Waals surface area contributed by atoms with Gasteiger partial charge in [0.15, 0.2) is 0 Å². The summed E-state index contributed by atoms with van der Waals surface area (Å²) in [6.45, 7) is 4.81. The van der Waals surface area contributed by atoms with Crippen molar-refractivity contribution in [3.8, 4) is 0 Å². The molecule has 0 rings (SSSR count). The van der Waals surface area contributed by atoms with Crippen LogP contribution < -0.4 is 0 Å². The summed E-state index contributed by atoms with van der Waals surface area (Å²) in [5.74, 6) is 0.326. The van der Waals surface area contributed by atoms with E-state index in [0.717, 1.165) is 12.8 Å². The number of hydrogen-bond donors (Lipinski definition) is 0. The minimum Gasteiger partial charge on any atom is -0.0654 e. The molecule has 74 valence electrons. The van der Waals surface area contributed by atoms with Crippen molar-refractivity contribution in [2.45, 2.75) is 72.1 Å². The molecule has 0 spiro atoms. The first-order valence-corrected chi connectivity index (χ1v) is 5.47. The second kappa shape index (κ2) is 9.09. The number of unbranched alkanes of at least 4 members (excludes halogenated alkanes) is 3. The molecule has 0 fully saturated rings. The van der Waals surface area contributed by atoms with Gasteiger partial charge < -0.3 is 0 Å². The predicted octanol–water partition coefficient (Wildman–Crippen LogP) is 4.78. The van der Waals surface area contributed by atoms with E-state index in [2.05, 4.69) is 13.8 Å². The highest BCUT2D eigenvalue weighted by Crippen LogP contribution is 2.15. The van der Waals surface area contributed by atoms with E-state index < -0.39 is 0 Å². The Morgan fingerprint density at radius 2 is 1.83 bits per heavy atom. The molecular weight excluding hydrogens is 144 g/mol. The summed E-state index contributed by atoms with van der Waals surface area (Å²) in [5.41, 5.74) is 0. The minimum atomic E-state index is 0.0191. The topological polar surface area (TPSA) is 0 Å². The van der Waals surface area contributed by atoms with Crippen LogP contribution in [0, 0.1) is 5.92 Å². The van der Waals surface area contributed by atoms with Crippen LogP contribution in [0.5, 0.6) is 0 Å². The van der Waals surface area contributed by atoms with Gasteiger partial charge in [-0.2, -0.15) is 0 Å². The maximum atomic E-state index is 7.97. The zero-order valence-corrected chi connectivity index (χ0v) is 8.81. The molecule has 0 heteroatoms. The first kappa shape index (κ1) is 8.59. The lowest BCUT2D eigenvalue weighted by atomic mass is 9.97. The molecule has 2 unspecified atom stereocenters. The SMILES string of the molecule is [2H]CC(CCCC)C([2H])CCCCC. The van der Waals surface area contributed by atoms with Gasteiger partial charge in [-0.1, -0.05) is 72.1 Å². The maximum absolute atomic E-state index is 7.97. The van der Waals surface area contributed by atoms with Gasteiger partial charge in [0.05, 0.1) is 0 Å². The van der Waals surface area contributed by atoms with Crippen LogP contribution in [0.25, 0.3) is 0 Å². The van der Waals surface area contributed by atoms with E-state index in [4.69, 9.17) is 2.74 Å². The lowest BCUT2D eigenvalue weighted by Crippen LogP contribution is -1.94. The summed E-state index contributed by atoms with van der Waals surface area (Å²) < 4.78 is 15.4. The summed E-state index contributed by atoms with van der Waals surface area (Å²) in [6.07, 6.45) is 8.13. The molecule has 0 bridgehead atoms. The normalized spacial score (nSPS) is 18.2. The molecule has 0 amide bonds. The molecule has 0 heterocycles. The second-order valence-corrected chi connectivity index (χ2v) is 3.63. The molecule has 0 aliphatic rings. The quantitative estimate of drug-likeness (QED) is 0.462. The van der Waals surface area contributed by atoms with Crippen LogP contribution in [0.3, 0.4) is 0 Å². The summed E-state index contributed by atoms with van der Waals surface area (Å²) in [7, 11) is 0. The largest absolute Gasteiger partial charge is 0.0654 e. The lowest BCUT2D eigenvalue weighted by Gasteiger charge is -2.09. The van der Waals surface area contributed by atoms with Gasteiger partial charge >= 0.3 is 0 Å². The van der Waals surface area contributed by atoms with Crippen LogP contribution in [0.2, 0.25) is 0 Å². The van der Waals surface area contributed by atoms with Crippen LogP contribution in [-0.4, -0.2) is 0 Å². The Bertz CT molecular complexity index is 115. The molecule has 0 aliphatic heterocycles. The van der Waals surface area contributed by atoms with Gasteiger partial charge in [-0.15, -0.1) is 0 Å². The third-order valence-corrected chi connectivity index (χ3v) is 2.24. The Hall–Kier alpha value is 0. The number of hydrogen-bond acceptors (Lipinski definition) is 0. The molecule has 0 saturated heterocycles. The Morgan fingerprint density at radius 3 is 2.42 bits per heavy atom. The Labute approximate surface area is 81.6 Å². The summed E-state index contributed by atoms with van der Waals surface area (Å²) in [4.78, 5) is 0. The van der Waals surface area contributed by atoms with E-state index in [9.17, 15) is 0 Å². The highest BCUT2D eigenvalue weighted by atomic mass is 14.1. The average molecular weight is 172 g/mol. The second-order valence-electron chi connectivity index (χ2n) is 3.63. The van der Waals surface area contributed by atoms with Crippen molar-refractivity contribution < 1.29 is 2.74 Å². The number of rotatable bonds is 8. The zero-order chi connectivity index (χ0) is 10.8. The van der Waals surface area contributed by atoms with E-state index >= 15 is 0 Å². The zero-order valence-electron chi connectivity index (χ0n) is 10.8. The highest BCUT2D eigenvalue weighted by molar-refractivity contribution is 4.53. The molecular formula is C12H26. The molecule has 0 N–H and O–H groups in total. The lowest BCUT2D eigenvalue weighted by molar-refractivity contribution is 0.445. The van der Waals surface area contributed by atoms with Gasteiger partial charge in [0, 0.05) is 2.74 Å². The van der Waals surface area contributed by atoms with Crippen molar-refractivity contribution in [3.63, 3.8) is 0 Å². The van der Waals surface area contributed by atoms with Gasteiger partial charge in [-0.05, 0) is 5.92 Å². The van der Waals surface area contributed by atoms with Gasteiger partial charge in [-0.25, -0.2) is 0 Å². The molecule has 0 aromatic carbocycles. The van der Waals surface area contributed by atoms with E-state index in [1.165, 1.54) is 32.1 Å². The first-order chi connectivity index (χ1) is 6.76. The third-order valence-electron chi connectivity index (χ3n) is 2.24.